The molecule has 0 saturated heterocycles. The Kier molecular flexibility index (Phi) is 3.87. The smallest absolute Gasteiger partial charge is 0.0561 e. The summed E-state index contributed by atoms with van der Waals surface area (Å²) in [6, 6.07) is 6.50. The van der Waals surface area contributed by atoms with E-state index in [1.165, 1.54) is 16.1 Å². The van der Waals surface area contributed by atoms with Crippen molar-refractivity contribution in [1.29, 1.82) is 0 Å². The molecule has 2 heterocycles. The number of likely N-dealkylation sites (N-methyl/N-ethyl adjacent to an activating group) is 1. The Bertz CT molecular complexity index is 567. The SMILES string of the molecule is CCNC(c1sccc1Cl)C1CCc2cccnc21. The van der Waals surface area contributed by atoms with Crippen LogP contribution in [0.2, 0.25) is 5.02 Å². The average Bonchev–Trinajstić information content (AvgIpc) is 3.03. The van der Waals surface area contributed by atoms with E-state index in [2.05, 4.69) is 28.7 Å². The summed E-state index contributed by atoms with van der Waals surface area (Å²) in [7, 11) is 0. The van der Waals surface area contributed by atoms with Gasteiger partial charge in [-0.15, -0.1) is 11.3 Å². The first-order chi connectivity index (χ1) is 9.31. The molecule has 2 nitrogen and oxygen atoms in total. The molecule has 0 aromatic carbocycles. The topological polar surface area (TPSA) is 24.9 Å². The van der Waals surface area contributed by atoms with Crippen molar-refractivity contribution in [3.8, 4) is 0 Å². The van der Waals surface area contributed by atoms with Gasteiger partial charge in [-0.25, -0.2) is 0 Å². The number of aromatic nitrogens is 1. The van der Waals surface area contributed by atoms with Crippen LogP contribution in [0.3, 0.4) is 0 Å². The van der Waals surface area contributed by atoms with Crippen LogP contribution < -0.4 is 5.32 Å². The molecule has 2 atom stereocenters. The van der Waals surface area contributed by atoms with Crippen LogP contribution >= 0.6 is 22.9 Å². The molecule has 100 valence electrons. The standard InChI is InChI=1S/C15H17ClN2S/c1-2-17-14(15-12(16)7-9-19-15)11-6-5-10-4-3-8-18-13(10)11/h3-4,7-9,11,14,17H,2,5-6H2,1H3. The van der Waals surface area contributed by atoms with E-state index < -0.39 is 0 Å². The highest BCUT2D eigenvalue weighted by Gasteiger charge is 2.33. The van der Waals surface area contributed by atoms with Gasteiger partial charge in [-0.05, 0) is 42.5 Å². The maximum absolute atomic E-state index is 6.33. The summed E-state index contributed by atoms with van der Waals surface area (Å²) in [5.74, 6) is 0.437. The lowest BCUT2D eigenvalue weighted by atomic mass is 9.95. The molecule has 3 rings (SSSR count). The molecule has 0 radical (unpaired) electrons. The first kappa shape index (κ1) is 13.1. The van der Waals surface area contributed by atoms with Crippen molar-refractivity contribution >= 4 is 22.9 Å². The summed E-state index contributed by atoms with van der Waals surface area (Å²) in [4.78, 5) is 5.85. The molecule has 0 fully saturated rings. The molecule has 0 amide bonds. The zero-order chi connectivity index (χ0) is 13.2. The second kappa shape index (κ2) is 5.61. The quantitative estimate of drug-likeness (QED) is 0.914. The van der Waals surface area contributed by atoms with Gasteiger partial charge in [-0.1, -0.05) is 24.6 Å². The summed E-state index contributed by atoms with van der Waals surface area (Å²) < 4.78 is 0. The number of rotatable bonds is 4. The highest BCUT2D eigenvalue weighted by Crippen LogP contribution is 2.43. The highest BCUT2D eigenvalue weighted by molar-refractivity contribution is 7.10. The van der Waals surface area contributed by atoms with Gasteiger partial charge in [0.25, 0.3) is 0 Å². The van der Waals surface area contributed by atoms with E-state index in [4.69, 9.17) is 11.6 Å². The second-order valence-electron chi connectivity index (χ2n) is 4.86. The van der Waals surface area contributed by atoms with Crippen LogP contribution in [0.25, 0.3) is 0 Å². The number of pyridine rings is 1. The zero-order valence-corrected chi connectivity index (χ0v) is 12.5. The first-order valence-electron chi connectivity index (χ1n) is 6.71. The monoisotopic (exact) mass is 292 g/mol. The number of aryl methyl sites for hydroxylation is 1. The third-order valence-electron chi connectivity index (χ3n) is 3.76. The minimum absolute atomic E-state index is 0.286. The fourth-order valence-corrected chi connectivity index (χ4v) is 4.25. The van der Waals surface area contributed by atoms with Crippen molar-refractivity contribution in [3.05, 3.63) is 50.9 Å². The predicted octanol–water partition coefficient (Wildman–Crippen LogP) is 4.18. The number of thiophene rings is 1. The van der Waals surface area contributed by atoms with Crippen LogP contribution in [-0.4, -0.2) is 11.5 Å². The van der Waals surface area contributed by atoms with Crippen LogP contribution in [0.15, 0.2) is 29.8 Å². The molecule has 1 aliphatic rings. The van der Waals surface area contributed by atoms with Crippen LogP contribution in [0.1, 0.15) is 41.4 Å². The van der Waals surface area contributed by atoms with Gasteiger partial charge in [0, 0.05) is 22.7 Å². The molecule has 1 N–H and O–H groups in total. The van der Waals surface area contributed by atoms with E-state index in [1.807, 2.05) is 18.3 Å². The molecule has 2 unspecified atom stereocenters. The summed E-state index contributed by atoms with van der Waals surface area (Å²) in [6.45, 7) is 3.08. The van der Waals surface area contributed by atoms with Crippen molar-refractivity contribution in [2.45, 2.75) is 31.7 Å². The predicted molar refractivity (Wildman–Crippen MR) is 81.0 cm³/mol. The number of nitrogens with zero attached hydrogens (tertiary/aromatic N) is 1. The Hall–Kier alpha value is -0.900. The van der Waals surface area contributed by atoms with Gasteiger partial charge in [-0.2, -0.15) is 0 Å². The van der Waals surface area contributed by atoms with Gasteiger partial charge in [0.05, 0.1) is 11.1 Å². The summed E-state index contributed by atoms with van der Waals surface area (Å²) in [6.07, 6.45) is 4.17. The van der Waals surface area contributed by atoms with E-state index in [1.54, 1.807) is 11.3 Å². The molecule has 19 heavy (non-hydrogen) atoms. The van der Waals surface area contributed by atoms with Crippen LogP contribution in [-0.2, 0) is 6.42 Å². The number of hydrogen-bond acceptors (Lipinski definition) is 3. The molecule has 1 aliphatic carbocycles. The number of halogens is 1. The minimum Gasteiger partial charge on any atom is -0.309 e. The van der Waals surface area contributed by atoms with Gasteiger partial charge in [-0.3, -0.25) is 4.98 Å². The molecule has 4 heteroatoms. The first-order valence-corrected chi connectivity index (χ1v) is 7.97. The Morgan fingerprint density at radius 2 is 2.42 bits per heavy atom. The molecule has 0 aliphatic heterocycles. The van der Waals surface area contributed by atoms with Crippen LogP contribution in [0, 0.1) is 0 Å². The van der Waals surface area contributed by atoms with Crippen molar-refractivity contribution in [2.75, 3.05) is 6.54 Å². The number of fused-ring (bicyclic) bond motifs is 1. The largest absolute Gasteiger partial charge is 0.309 e. The van der Waals surface area contributed by atoms with E-state index in [9.17, 15) is 0 Å². The molecule has 2 aromatic rings. The van der Waals surface area contributed by atoms with Crippen LogP contribution in [0.4, 0.5) is 0 Å². The fourth-order valence-electron chi connectivity index (χ4n) is 2.93. The van der Waals surface area contributed by atoms with E-state index >= 15 is 0 Å². The lowest BCUT2D eigenvalue weighted by Gasteiger charge is -2.24. The number of nitrogens with one attached hydrogen (secondary N) is 1. The third kappa shape index (κ3) is 2.42. The van der Waals surface area contributed by atoms with Gasteiger partial charge in [0.15, 0.2) is 0 Å². The van der Waals surface area contributed by atoms with Crippen LogP contribution in [0.5, 0.6) is 0 Å². The molecular weight excluding hydrogens is 276 g/mol. The number of hydrogen-bond donors (Lipinski definition) is 1. The molecule has 2 aromatic heterocycles. The maximum Gasteiger partial charge on any atom is 0.0561 e. The maximum atomic E-state index is 6.33. The van der Waals surface area contributed by atoms with Gasteiger partial charge in [0.1, 0.15) is 0 Å². The Balaban J connectivity index is 1.96. The average molecular weight is 293 g/mol. The highest BCUT2D eigenvalue weighted by atomic mass is 35.5. The minimum atomic E-state index is 0.286. The third-order valence-corrected chi connectivity index (χ3v) is 5.20. The molecule has 0 spiro atoms. The van der Waals surface area contributed by atoms with Crippen molar-refractivity contribution in [2.24, 2.45) is 0 Å². The van der Waals surface area contributed by atoms with Gasteiger partial charge < -0.3 is 5.32 Å². The Morgan fingerprint density at radius 1 is 1.53 bits per heavy atom. The Labute approximate surface area is 122 Å². The lowest BCUT2D eigenvalue weighted by molar-refractivity contribution is 0.453. The van der Waals surface area contributed by atoms with Crippen molar-refractivity contribution in [1.82, 2.24) is 10.3 Å². The summed E-state index contributed by atoms with van der Waals surface area (Å²) >= 11 is 8.06. The summed E-state index contributed by atoms with van der Waals surface area (Å²) in [5, 5.41) is 6.54. The second-order valence-corrected chi connectivity index (χ2v) is 6.22. The van der Waals surface area contributed by atoms with Crippen molar-refractivity contribution in [3.63, 3.8) is 0 Å². The van der Waals surface area contributed by atoms with E-state index in [0.29, 0.717) is 5.92 Å². The fraction of sp³-hybridized carbons (Fsp3) is 0.400. The van der Waals surface area contributed by atoms with Crippen molar-refractivity contribution < 1.29 is 0 Å². The lowest BCUT2D eigenvalue weighted by Crippen LogP contribution is -2.26. The molecule has 0 saturated carbocycles. The van der Waals surface area contributed by atoms with E-state index in [-0.39, 0.29) is 6.04 Å². The molecular formula is C15H17ClN2S. The molecule has 0 bridgehead atoms. The van der Waals surface area contributed by atoms with Gasteiger partial charge in [0.2, 0.25) is 0 Å². The van der Waals surface area contributed by atoms with Gasteiger partial charge >= 0.3 is 0 Å². The summed E-state index contributed by atoms with van der Waals surface area (Å²) in [5.41, 5.74) is 2.64. The zero-order valence-electron chi connectivity index (χ0n) is 10.9. The Morgan fingerprint density at radius 3 is 3.16 bits per heavy atom. The van der Waals surface area contributed by atoms with E-state index in [0.717, 1.165) is 24.4 Å². The normalized spacial score (nSPS) is 19.4.